The number of aliphatic hydroxyl groups is 1. The van der Waals surface area contributed by atoms with Gasteiger partial charge in [0.15, 0.2) is 0 Å². The number of carbonyl (C=O) groups excluding carboxylic acids is 1. The standard InChI is InChI=1S/C13H25NO2/c1-11(2)5-6-13(16)14-8-3-4-12(10-14)7-9-15/h11-12,15H,3-10H2,1-2H3. The van der Waals surface area contributed by atoms with Crippen LogP contribution in [0.3, 0.4) is 0 Å². The van der Waals surface area contributed by atoms with E-state index in [0.717, 1.165) is 38.8 Å². The molecule has 3 heteroatoms. The SMILES string of the molecule is CC(C)CCC(=O)N1CCCC(CCO)C1. The van der Waals surface area contributed by atoms with E-state index in [1.54, 1.807) is 0 Å². The largest absolute Gasteiger partial charge is 0.396 e. The molecular formula is C13H25NO2. The molecule has 1 amide bonds. The zero-order valence-electron chi connectivity index (χ0n) is 10.6. The van der Waals surface area contributed by atoms with Gasteiger partial charge in [-0.1, -0.05) is 13.8 Å². The third-order valence-corrected chi connectivity index (χ3v) is 3.34. The smallest absolute Gasteiger partial charge is 0.222 e. The van der Waals surface area contributed by atoms with Gasteiger partial charge in [-0.2, -0.15) is 0 Å². The third kappa shape index (κ3) is 4.52. The average Bonchev–Trinajstić information content (AvgIpc) is 2.26. The molecule has 1 saturated heterocycles. The van der Waals surface area contributed by atoms with E-state index in [4.69, 9.17) is 5.11 Å². The molecule has 0 aromatic rings. The Hall–Kier alpha value is -0.570. The van der Waals surface area contributed by atoms with Gasteiger partial charge in [0.05, 0.1) is 0 Å². The van der Waals surface area contributed by atoms with Crippen molar-refractivity contribution in [1.29, 1.82) is 0 Å². The molecule has 0 radical (unpaired) electrons. The summed E-state index contributed by atoms with van der Waals surface area (Å²) in [4.78, 5) is 13.9. The molecule has 1 aliphatic heterocycles. The summed E-state index contributed by atoms with van der Waals surface area (Å²) in [5, 5.41) is 8.92. The maximum Gasteiger partial charge on any atom is 0.222 e. The lowest BCUT2D eigenvalue weighted by Gasteiger charge is -2.32. The van der Waals surface area contributed by atoms with Crippen molar-refractivity contribution in [2.45, 2.75) is 46.0 Å². The summed E-state index contributed by atoms with van der Waals surface area (Å²) in [6, 6.07) is 0. The number of carbonyl (C=O) groups is 1. The van der Waals surface area contributed by atoms with Crippen LogP contribution in [0.15, 0.2) is 0 Å². The first-order valence-corrected chi connectivity index (χ1v) is 6.52. The normalized spacial score (nSPS) is 21.5. The molecule has 1 N–H and O–H groups in total. The van der Waals surface area contributed by atoms with E-state index in [1.165, 1.54) is 0 Å². The quantitative estimate of drug-likeness (QED) is 0.781. The Morgan fingerprint density at radius 1 is 1.50 bits per heavy atom. The van der Waals surface area contributed by atoms with Gasteiger partial charge in [0.25, 0.3) is 0 Å². The van der Waals surface area contributed by atoms with Crippen molar-refractivity contribution in [2.24, 2.45) is 11.8 Å². The van der Waals surface area contributed by atoms with Crippen molar-refractivity contribution in [3.8, 4) is 0 Å². The Morgan fingerprint density at radius 3 is 2.88 bits per heavy atom. The van der Waals surface area contributed by atoms with Crippen LogP contribution >= 0.6 is 0 Å². The van der Waals surface area contributed by atoms with Crippen LogP contribution in [-0.4, -0.2) is 35.6 Å². The van der Waals surface area contributed by atoms with Gasteiger partial charge in [0.2, 0.25) is 5.91 Å². The molecule has 1 rings (SSSR count). The van der Waals surface area contributed by atoms with Crippen molar-refractivity contribution >= 4 is 5.91 Å². The van der Waals surface area contributed by atoms with Crippen LogP contribution in [0.1, 0.15) is 46.0 Å². The van der Waals surface area contributed by atoms with Gasteiger partial charge in [-0.05, 0) is 37.5 Å². The number of hydrogen-bond acceptors (Lipinski definition) is 2. The second-order valence-corrected chi connectivity index (χ2v) is 5.29. The molecule has 0 bridgehead atoms. The summed E-state index contributed by atoms with van der Waals surface area (Å²) < 4.78 is 0. The van der Waals surface area contributed by atoms with Crippen molar-refractivity contribution in [1.82, 2.24) is 4.90 Å². The molecule has 94 valence electrons. The number of aliphatic hydroxyl groups excluding tert-OH is 1. The zero-order chi connectivity index (χ0) is 12.0. The predicted octanol–water partition coefficient (Wildman–Crippen LogP) is 2.04. The fourth-order valence-electron chi connectivity index (χ4n) is 2.28. The van der Waals surface area contributed by atoms with Crippen LogP contribution in [0.2, 0.25) is 0 Å². The predicted molar refractivity (Wildman–Crippen MR) is 65.1 cm³/mol. The lowest BCUT2D eigenvalue weighted by molar-refractivity contribution is -0.133. The minimum atomic E-state index is 0.249. The van der Waals surface area contributed by atoms with Gasteiger partial charge < -0.3 is 10.0 Å². The Labute approximate surface area is 98.8 Å². The van der Waals surface area contributed by atoms with Crippen molar-refractivity contribution in [2.75, 3.05) is 19.7 Å². The maximum absolute atomic E-state index is 11.9. The summed E-state index contributed by atoms with van der Waals surface area (Å²) in [7, 11) is 0. The summed E-state index contributed by atoms with van der Waals surface area (Å²) >= 11 is 0. The van der Waals surface area contributed by atoms with Gasteiger partial charge in [0, 0.05) is 26.1 Å². The molecule has 0 spiro atoms. The van der Waals surface area contributed by atoms with E-state index in [9.17, 15) is 4.79 Å². The highest BCUT2D eigenvalue weighted by atomic mass is 16.3. The van der Waals surface area contributed by atoms with Crippen LogP contribution in [0.25, 0.3) is 0 Å². The first-order chi connectivity index (χ1) is 7.63. The Bertz CT molecular complexity index is 214. The zero-order valence-corrected chi connectivity index (χ0v) is 10.6. The molecule has 0 aromatic carbocycles. The molecule has 16 heavy (non-hydrogen) atoms. The number of rotatable bonds is 5. The molecule has 1 heterocycles. The third-order valence-electron chi connectivity index (χ3n) is 3.34. The Morgan fingerprint density at radius 2 is 2.25 bits per heavy atom. The van der Waals surface area contributed by atoms with Crippen LogP contribution in [0.5, 0.6) is 0 Å². The second-order valence-electron chi connectivity index (χ2n) is 5.29. The molecule has 0 aliphatic carbocycles. The minimum absolute atomic E-state index is 0.249. The van der Waals surface area contributed by atoms with Crippen LogP contribution in [0.4, 0.5) is 0 Å². The summed E-state index contributed by atoms with van der Waals surface area (Å²) in [6.07, 6.45) is 4.77. The molecule has 0 aromatic heterocycles. The van der Waals surface area contributed by atoms with Crippen molar-refractivity contribution in [3.63, 3.8) is 0 Å². The molecule has 0 saturated carbocycles. The van der Waals surface area contributed by atoms with E-state index in [2.05, 4.69) is 13.8 Å². The summed E-state index contributed by atoms with van der Waals surface area (Å²) in [6.45, 7) is 6.32. The lowest BCUT2D eigenvalue weighted by Crippen LogP contribution is -2.40. The van der Waals surface area contributed by atoms with Gasteiger partial charge in [-0.25, -0.2) is 0 Å². The maximum atomic E-state index is 11.9. The second kappa shape index (κ2) is 6.89. The van der Waals surface area contributed by atoms with Crippen LogP contribution < -0.4 is 0 Å². The lowest BCUT2D eigenvalue weighted by atomic mass is 9.94. The van der Waals surface area contributed by atoms with Gasteiger partial charge in [-0.3, -0.25) is 4.79 Å². The number of hydrogen-bond donors (Lipinski definition) is 1. The Kier molecular flexibility index (Phi) is 5.81. The van der Waals surface area contributed by atoms with Gasteiger partial charge >= 0.3 is 0 Å². The minimum Gasteiger partial charge on any atom is -0.396 e. The van der Waals surface area contributed by atoms with Crippen molar-refractivity contribution < 1.29 is 9.90 Å². The summed E-state index contributed by atoms with van der Waals surface area (Å²) in [5.74, 6) is 1.42. The van der Waals surface area contributed by atoms with E-state index in [1.807, 2.05) is 4.90 Å². The van der Waals surface area contributed by atoms with Crippen LogP contribution in [0, 0.1) is 11.8 Å². The number of amides is 1. The van der Waals surface area contributed by atoms with E-state index >= 15 is 0 Å². The average molecular weight is 227 g/mol. The highest BCUT2D eigenvalue weighted by molar-refractivity contribution is 5.76. The first kappa shape index (κ1) is 13.5. The number of piperidine rings is 1. The fraction of sp³-hybridized carbons (Fsp3) is 0.923. The molecule has 1 atom stereocenters. The van der Waals surface area contributed by atoms with Gasteiger partial charge in [0.1, 0.15) is 0 Å². The molecular weight excluding hydrogens is 202 g/mol. The summed E-state index contributed by atoms with van der Waals surface area (Å²) in [5.41, 5.74) is 0. The monoisotopic (exact) mass is 227 g/mol. The van der Waals surface area contributed by atoms with Crippen LogP contribution in [-0.2, 0) is 4.79 Å². The molecule has 1 fully saturated rings. The number of nitrogens with zero attached hydrogens (tertiary/aromatic N) is 1. The fourth-order valence-corrected chi connectivity index (χ4v) is 2.28. The molecule has 1 aliphatic rings. The highest BCUT2D eigenvalue weighted by Gasteiger charge is 2.22. The van der Waals surface area contributed by atoms with E-state index in [-0.39, 0.29) is 6.61 Å². The molecule has 3 nitrogen and oxygen atoms in total. The van der Waals surface area contributed by atoms with E-state index < -0.39 is 0 Å². The number of likely N-dealkylation sites (tertiary alicyclic amines) is 1. The first-order valence-electron chi connectivity index (χ1n) is 6.52. The van der Waals surface area contributed by atoms with Crippen molar-refractivity contribution in [3.05, 3.63) is 0 Å². The highest BCUT2D eigenvalue weighted by Crippen LogP contribution is 2.20. The topological polar surface area (TPSA) is 40.5 Å². The molecule has 1 unspecified atom stereocenters. The van der Waals surface area contributed by atoms with Gasteiger partial charge in [-0.15, -0.1) is 0 Å². The van der Waals surface area contributed by atoms with E-state index in [0.29, 0.717) is 24.2 Å². The Balaban J connectivity index is 2.32.